The van der Waals surface area contributed by atoms with Crippen molar-refractivity contribution in [2.24, 2.45) is 5.73 Å². The molecule has 2 heterocycles. The molecule has 0 amide bonds. The highest BCUT2D eigenvalue weighted by Crippen LogP contribution is 2.21. The molecule has 2 aromatic rings. The zero-order valence-electron chi connectivity index (χ0n) is 7.66. The predicted molar refractivity (Wildman–Crippen MR) is 65.5 cm³/mol. The Kier molecular flexibility index (Phi) is 6.35. The third-order valence-electron chi connectivity index (χ3n) is 1.57. The number of nitrogens with two attached hydrogens (primary N) is 1. The molecule has 0 saturated carbocycles. The van der Waals surface area contributed by atoms with E-state index >= 15 is 0 Å². The number of halogens is 2. The van der Waals surface area contributed by atoms with Gasteiger partial charge in [0.05, 0.1) is 0 Å². The highest BCUT2D eigenvalue weighted by atomic mass is 35.5. The van der Waals surface area contributed by atoms with Crippen molar-refractivity contribution in [3.8, 4) is 10.6 Å². The summed E-state index contributed by atoms with van der Waals surface area (Å²) < 4.78 is 0. The minimum atomic E-state index is 0. The van der Waals surface area contributed by atoms with E-state index in [2.05, 4.69) is 15.2 Å². The number of hydrogen-bond donors (Lipinski definition) is 1. The molecule has 0 atom stereocenters. The molecular formula is C8H10Cl2N4S. The molecule has 82 valence electrons. The molecule has 0 aliphatic heterocycles. The average molecular weight is 265 g/mol. The van der Waals surface area contributed by atoms with Gasteiger partial charge in [-0.05, 0) is 12.1 Å². The largest absolute Gasteiger partial charge is 0.324 e. The standard InChI is InChI=1S/C8H8N4S.2ClH/c9-5-7-11-12-8(13-7)6-1-3-10-4-2-6;;/h1-4H,5,9H2;2*1H. The molecule has 15 heavy (non-hydrogen) atoms. The maximum atomic E-state index is 5.44. The first kappa shape index (κ1) is 14.2. The third kappa shape index (κ3) is 3.39. The summed E-state index contributed by atoms with van der Waals surface area (Å²) in [6, 6.07) is 3.81. The Balaban J connectivity index is 0.000000980. The van der Waals surface area contributed by atoms with Gasteiger partial charge < -0.3 is 5.73 Å². The zero-order valence-corrected chi connectivity index (χ0v) is 10.1. The van der Waals surface area contributed by atoms with Gasteiger partial charge in [-0.2, -0.15) is 0 Å². The molecule has 0 aromatic carbocycles. The van der Waals surface area contributed by atoms with Gasteiger partial charge >= 0.3 is 0 Å². The van der Waals surface area contributed by atoms with Gasteiger partial charge in [0.1, 0.15) is 10.0 Å². The zero-order chi connectivity index (χ0) is 9.10. The molecule has 0 unspecified atom stereocenters. The van der Waals surface area contributed by atoms with Gasteiger partial charge in [0, 0.05) is 24.5 Å². The Labute approximate surface area is 104 Å². The number of rotatable bonds is 2. The Morgan fingerprint density at radius 2 is 1.80 bits per heavy atom. The summed E-state index contributed by atoms with van der Waals surface area (Å²) in [6.07, 6.45) is 3.47. The van der Waals surface area contributed by atoms with Crippen molar-refractivity contribution in [2.45, 2.75) is 6.54 Å². The summed E-state index contributed by atoms with van der Waals surface area (Å²) in [7, 11) is 0. The van der Waals surface area contributed by atoms with E-state index in [1.807, 2.05) is 12.1 Å². The monoisotopic (exact) mass is 264 g/mol. The second kappa shape index (κ2) is 6.68. The van der Waals surface area contributed by atoms with Crippen LogP contribution in [0.4, 0.5) is 0 Å². The summed E-state index contributed by atoms with van der Waals surface area (Å²) in [4.78, 5) is 3.93. The number of pyridine rings is 1. The quantitative estimate of drug-likeness (QED) is 0.900. The van der Waals surface area contributed by atoms with Crippen LogP contribution in [0, 0.1) is 0 Å². The lowest BCUT2D eigenvalue weighted by Crippen LogP contribution is -1.94. The Bertz CT molecular complexity index is 393. The van der Waals surface area contributed by atoms with E-state index in [1.54, 1.807) is 12.4 Å². The smallest absolute Gasteiger partial charge is 0.147 e. The van der Waals surface area contributed by atoms with Crippen LogP contribution < -0.4 is 5.73 Å². The third-order valence-corrected chi connectivity index (χ3v) is 2.56. The summed E-state index contributed by atoms with van der Waals surface area (Å²) in [5.74, 6) is 0. The van der Waals surface area contributed by atoms with Crippen molar-refractivity contribution >= 4 is 36.2 Å². The Morgan fingerprint density at radius 1 is 1.13 bits per heavy atom. The van der Waals surface area contributed by atoms with Gasteiger partial charge in [0.25, 0.3) is 0 Å². The van der Waals surface area contributed by atoms with Crippen molar-refractivity contribution in [2.75, 3.05) is 0 Å². The van der Waals surface area contributed by atoms with Crippen molar-refractivity contribution in [1.29, 1.82) is 0 Å². The molecule has 0 spiro atoms. The molecule has 0 fully saturated rings. The summed E-state index contributed by atoms with van der Waals surface area (Å²) >= 11 is 1.51. The minimum Gasteiger partial charge on any atom is -0.324 e. The Morgan fingerprint density at radius 3 is 2.33 bits per heavy atom. The molecule has 2 rings (SSSR count). The fourth-order valence-corrected chi connectivity index (χ4v) is 1.67. The van der Waals surface area contributed by atoms with E-state index in [0.717, 1.165) is 15.6 Å². The molecule has 2 N–H and O–H groups in total. The summed E-state index contributed by atoms with van der Waals surface area (Å²) in [5.41, 5.74) is 6.47. The van der Waals surface area contributed by atoms with Gasteiger partial charge in [-0.1, -0.05) is 11.3 Å². The van der Waals surface area contributed by atoms with Gasteiger partial charge in [0.15, 0.2) is 0 Å². The topological polar surface area (TPSA) is 64.7 Å². The average Bonchev–Trinajstić information content (AvgIpc) is 2.67. The fourth-order valence-electron chi connectivity index (χ4n) is 0.947. The summed E-state index contributed by atoms with van der Waals surface area (Å²) in [6.45, 7) is 0.447. The molecule has 7 heteroatoms. The van der Waals surface area contributed by atoms with Gasteiger partial charge in [-0.15, -0.1) is 35.0 Å². The Hall–Kier alpha value is -0.750. The van der Waals surface area contributed by atoms with Crippen LogP contribution in [-0.2, 0) is 6.54 Å². The van der Waals surface area contributed by atoms with E-state index in [0.29, 0.717) is 6.54 Å². The maximum Gasteiger partial charge on any atom is 0.147 e. The molecule has 0 aliphatic rings. The molecule has 0 radical (unpaired) electrons. The minimum absolute atomic E-state index is 0. The fraction of sp³-hybridized carbons (Fsp3) is 0.125. The first-order valence-corrected chi connectivity index (χ1v) is 4.64. The van der Waals surface area contributed by atoms with Crippen LogP contribution in [0.15, 0.2) is 24.5 Å². The molecule has 4 nitrogen and oxygen atoms in total. The second-order valence-electron chi connectivity index (χ2n) is 2.44. The lowest BCUT2D eigenvalue weighted by atomic mass is 10.3. The molecular weight excluding hydrogens is 255 g/mol. The first-order valence-electron chi connectivity index (χ1n) is 3.83. The molecule has 0 bridgehead atoms. The van der Waals surface area contributed by atoms with E-state index < -0.39 is 0 Å². The first-order chi connectivity index (χ1) is 6.40. The number of hydrogen-bond acceptors (Lipinski definition) is 5. The van der Waals surface area contributed by atoms with E-state index in [1.165, 1.54) is 11.3 Å². The number of aromatic nitrogens is 3. The van der Waals surface area contributed by atoms with Gasteiger partial charge in [-0.3, -0.25) is 4.98 Å². The van der Waals surface area contributed by atoms with E-state index in [9.17, 15) is 0 Å². The molecule has 0 aliphatic carbocycles. The molecule has 0 saturated heterocycles. The van der Waals surface area contributed by atoms with Crippen LogP contribution >= 0.6 is 36.2 Å². The maximum absolute atomic E-state index is 5.44. The van der Waals surface area contributed by atoms with Crippen LogP contribution in [0.25, 0.3) is 10.6 Å². The van der Waals surface area contributed by atoms with Crippen molar-refractivity contribution in [1.82, 2.24) is 15.2 Å². The molecule has 2 aromatic heterocycles. The van der Waals surface area contributed by atoms with Crippen LogP contribution in [0.1, 0.15) is 5.01 Å². The van der Waals surface area contributed by atoms with Crippen molar-refractivity contribution < 1.29 is 0 Å². The van der Waals surface area contributed by atoms with Crippen molar-refractivity contribution in [3.05, 3.63) is 29.5 Å². The second-order valence-corrected chi connectivity index (χ2v) is 3.50. The van der Waals surface area contributed by atoms with Crippen LogP contribution in [-0.4, -0.2) is 15.2 Å². The summed E-state index contributed by atoms with van der Waals surface area (Å²) in [5, 5.41) is 9.70. The van der Waals surface area contributed by atoms with Crippen molar-refractivity contribution in [3.63, 3.8) is 0 Å². The highest BCUT2D eigenvalue weighted by Gasteiger charge is 2.03. The van der Waals surface area contributed by atoms with Crippen LogP contribution in [0.3, 0.4) is 0 Å². The normalized spacial score (nSPS) is 8.87. The highest BCUT2D eigenvalue weighted by molar-refractivity contribution is 7.14. The van der Waals surface area contributed by atoms with Crippen LogP contribution in [0.5, 0.6) is 0 Å². The lowest BCUT2D eigenvalue weighted by Gasteiger charge is -1.90. The van der Waals surface area contributed by atoms with Gasteiger partial charge in [0.2, 0.25) is 0 Å². The van der Waals surface area contributed by atoms with E-state index in [4.69, 9.17) is 5.73 Å². The van der Waals surface area contributed by atoms with Crippen LogP contribution in [0.2, 0.25) is 0 Å². The van der Waals surface area contributed by atoms with E-state index in [-0.39, 0.29) is 24.8 Å². The lowest BCUT2D eigenvalue weighted by molar-refractivity contribution is 0.960. The van der Waals surface area contributed by atoms with Gasteiger partial charge in [-0.25, -0.2) is 0 Å². The predicted octanol–water partition coefficient (Wildman–Crippen LogP) is 1.90. The number of nitrogens with zero attached hydrogens (tertiary/aromatic N) is 3. The SMILES string of the molecule is Cl.Cl.NCc1nnc(-c2ccncc2)s1.